The molecule has 1 saturated carbocycles. The van der Waals surface area contributed by atoms with Crippen LogP contribution in [0.5, 0.6) is 0 Å². The van der Waals surface area contributed by atoms with Crippen LogP contribution in [0.25, 0.3) is 0 Å². The van der Waals surface area contributed by atoms with Gasteiger partial charge in [-0.2, -0.15) is 0 Å². The first-order valence-corrected chi connectivity index (χ1v) is 4.75. The highest BCUT2D eigenvalue weighted by Crippen LogP contribution is 2.27. The highest BCUT2D eigenvalue weighted by Gasteiger charge is 2.24. The van der Waals surface area contributed by atoms with Crippen molar-refractivity contribution < 1.29 is 15.3 Å². The molecule has 0 heterocycles. The van der Waals surface area contributed by atoms with E-state index in [0.717, 1.165) is 25.7 Å². The van der Waals surface area contributed by atoms with E-state index in [1.54, 1.807) is 0 Å². The van der Waals surface area contributed by atoms with Crippen LogP contribution in [0.2, 0.25) is 0 Å². The molecule has 3 heteroatoms. The first kappa shape index (κ1) is 9.96. The topological polar surface area (TPSA) is 60.7 Å². The Morgan fingerprint density at radius 2 is 1.42 bits per heavy atom. The second-order valence-corrected chi connectivity index (χ2v) is 3.84. The normalized spacial score (nSPS) is 22.2. The molecular formula is C9H18O3. The minimum Gasteiger partial charge on any atom is -0.344 e. The van der Waals surface area contributed by atoms with Gasteiger partial charge in [0.1, 0.15) is 0 Å². The molecule has 3 N–H and O–H groups in total. The maximum Gasteiger partial charge on any atom is 0.275 e. The monoisotopic (exact) mass is 174 g/mol. The van der Waals surface area contributed by atoms with Crippen molar-refractivity contribution in [3.63, 3.8) is 0 Å². The Bertz CT molecular complexity index is 120. The zero-order valence-electron chi connectivity index (χ0n) is 7.37. The zero-order valence-corrected chi connectivity index (χ0v) is 7.37. The lowest BCUT2D eigenvalue weighted by atomic mass is 9.95. The molecular weight excluding hydrogens is 156 g/mol. The fourth-order valence-electron chi connectivity index (χ4n) is 1.96. The number of rotatable bonds is 2. The molecule has 0 aromatic carbocycles. The van der Waals surface area contributed by atoms with Crippen LogP contribution in [0.1, 0.15) is 44.9 Å². The molecule has 12 heavy (non-hydrogen) atoms. The number of aliphatic hydroxyl groups is 3. The largest absolute Gasteiger partial charge is 0.344 e. The van der Waals surface area contributed by atoms with E-state index in [-0.39, 0.29) is 12.3 Å². The predicted molar refractivity (Wildman–Crippen MR) is 45.2 cm³/mol. The fourth-order valence-corrected chi connectivity index (χ4v) is 1.96. The Labute approximate surface area is 73.0 Å². The lowest BCUT2D eigenvalue weighted by Gasteiger charge is -2.20. The Hall–Kier alpha value is -0.120. The molecule has 0 atom stereocenters. The first-order valence-electron chi connectivity index (χ1n) is 4.75. The van der Waals surface area contributed by atoms with E-state index in [1.165, 1.54) is 12.8 Å². The van der Waals surface area contributed by atoms with Gasteiger partial charge in [0.15, 0.2) is 0 Å². The number of hydrogen-bond acceptors (Lipinski definition) is 3. The van der Waals surface area contributed by atoms with Gasteiger partial charge in [0.2, 0.25) is 0 Å². The molecule has 1 aliphatic rings. The van der Waals surface area contributed by atoms with Gasteiger partial charge in [0, 0.05) is 6.42 Å². The van der Waals surface area contributed by atoms with Crippen molar-refractivity contribution in [3.8, 4) is 0 Å². The highest BCUT2D eigenvalue weighted by atomic mass is 16.7. The quantitative estimate of drug-likeness (QED) is 0.432. The molecule has 0 radical (unpaired) electrons. The third kappa shape index (κ3) is 4.04. The minimum absolute atomic E-state index is 0.104. The second kappa shape index (κ2) is 4.21. The van der Waals surface area contributed by atoms with Crippen molar-refractivity contribution in [1.29, 1.82) is 0 Å². The highest BCUT2D eigenvalue weighted by molar-refractivity contribution is 4.67. The summed E-state index contributed by atoms with van der Waals surface area (Å²) < 4.78 is 0. The molecule has 0 saturated heterocycles. The summed E-state index contributed by atoms with van der Waals surface area (Å²) in [5, 5.41) is 26.3. The van der Waals surface area contributed by atoms with Crippen LogP contribution in [0.4, 0.5) is 0 Å². The van der Waals surface area contributed by atoms with E-state index in [9.17, 15) is 0 Å². The second-order valence-electron chi connectivity index (χ2n) is 3.84. The molecule has 0 aliphatic heterocycles. The lowest BCUT2D eigenvalue weighted by molar-refractivity contribution is -0.320. The van der Waals surface area contributed by atoms with E-state index < -0.39 is 5.97 Å². The van der Waals surface area contributed by atoms with Crippen LogP contribution in [0.3, 0.4) is 0 Å². The standard InChI is InChI=1S/C9H18O3/c10-9(11,12)7-8-5-3-1-2-4-6-8/h8,10-12H,1-7H2. The summed E-state index contributed by atoms with van der Waals surface area (Å²) in [6.07, 6.45) is 6.93. The van der Waals surface area contributed by atoms with Gasteiger partial charge < -0.3 is 15.3 Å². The van der Waals surface area contributed by atoms with E-state index in [2.05, 4.69) is 0 Å². The summed E-state index contributed by atoms with van der Waals surface area (Å²) in [6.45, 7) is 0. The summed E-state index contributed by atoms with van der Waals surface area (Å²) in [6, 6.07) is 0. The van der Waals surface area contributed by atoms with Gasteiger partial charge in [-0.1, -0.05) is 38.5 Å². The molecule has 0 amide bonds. The summed E-state index contributed by atoms with van der Waals surface area (Å²) >= 11 is 0. The molecule has 1 rings (SSSR count). The van der Waals surface area contributed by atoms with Crippen molar-refractivity contribution in [3.05, 3.63) is 0 Å². The van der Waals surface area contributed by atoms with Crippen molar-refractivity contribution >= 4 is 0 Å². The molecule has 0 bridgehead atoms. The van der Waals surface area contributed by atoms with Gasteiger partial charge in [0.25, 0.3) is 5.97 Å². The average Bonchev–Trinajstić information content (AvgIpc) is 2.12. The molecule has 3 nitrogen and oxygen atoms in total. The first-order chi connectivity index (χ1) is 5.58. The van der Waals surface area contributed by atoms with Crippen LogP contribution in [0.15, 0.2) is 0 Å². The average molecular weight is 174 g/mol. The molecule has 1 aliphatic carbocycles. The third-order valence-corrected chi connectivity index (χ3v) is 2.54. The van der Waals surface area contributed by atoms with Crippen LogP contribution in [-0.2, 0) is 0 Å². The van der Waals surface area contributed by atoms with Gasteiger partial charge in [-0.05, 0) is 5.92 Å². The van der Waals surface area contributed by atoms with Gasteiger partial charge in [-0.15, -0.1) is 0 Å². The molecule has 0 unspecified atom stereocenters. The van der Waals surface area contributed by atoms with E-state index in [0.29, 0.717) is 0 Å². The minimum atomic E-state index is -2.45. The van der Waals surface area contributed by atoms with E-state index in [4.69, 9.17) is 15.3 Å². The Balaban J connectivity index is 2.30. The summed E-state index contributed by atoms with van der Waals surface area (Å²) in [7, 11) is 0. The summed E-state index contributed by atoms with van der Waals surface area (Å²) in [5.74, 6) is -2.16. The van der Waals surface area contributed by atoms with Crippen molar-refractivity contribution in [1.82, 2.24) is 0 Å². The van der Waals surface area contributed by atoms with Gasteiger partial charge in [-0.3, -0.25) is 0 Å². The SMILES string of the molecule is OC(O)(O)CC1CCCCCC1. The molecule has 0 spiro atoms. The van der Waals surface area contributed by atoms with Crippen molar-refractivity contribution in [2.24, 2.45) is 5.92 Å². The van der Waals surface area contributed by atoms with Gasteiger partial charge >= 0.3 is 0 Å². The third-order valence-electron chi connectivity index (χ3n) is 2.54. The maximum atomic E-state index is 8.77. The predicted octanol–water partition coefficient (Wildman–Crippen LogP) is 0.978. The molecule has 0 aromatic rings. The molecule has 0 aromatic heterocycles. The van der Waals surface area contributed by atoms with Gasteiger partial charge in [0.05, 0.1) is 0 Å². The van der Waals surface area contributed by atoms with Crippen molar-refractivity contribution in [2.75, 3.05) is 0 Å². The Morgan fingerprint density at radius 3 is 1.83 bits per heavy atom. The lowest BCUT2D eigenvalue weighted by Crippen LogP contribution is -2.30. The smallest absolute Gasteiger partial charge is 0.275 e. The molecule has 72 valence electrons. The fraction of sp³-hybridized carbons (Fsp3) is 1.00. The van der Waals surface area contributed by atoms with Crippen molar-refractivity contribution in [2.45, 2.75) is 50.9 Å². The van der Waals surface area contributed by atoms with Crippen LogP contribution in [0, 0.1) is 5.92 Å². The van der Waals surface area contributed by atoms with Gasteiger partial charge in [-0.25, -0.2) is 0 Å². The Kier molecular flexibility index (Phi) is 3.50. The Morgan fingerprint density at radius 1 is 0.917 bits per heavy atom. The summed E-state index contributed by atoms with van der Waals surface area (Å²) in [5.41, 5.74) is 0. The van der Waals surface area contributed by atoms with E-state index in [1.807, 2.05) is 0 Å². The van der Waals surface area contributed by atoms with E-state index >= 15 is 0 Å². The zero-order chi connectivity index (χ0) is 9.03. The maximum absolute atomic E-state index is 8.77. The summed E-state index contributed by atoms with van der Waals surface area (Å²) in [4.78, 5) is 0. The van der Waals surface area contributed by atoms with Crippen LogP contribution in [-0.4, -0.2) is 21.3 Å². The number of hydrogen-bond donors (Lipinski definition) is 3. The van der Waals surface area contributed by atoms with Crippen LogP contribution < -0.4 is 0 Å². The van der Waals surface area contributed by atoms with Crippen LogP contribution >= 0.6 is 0 Å². The molecule has 1 fully saturated rings.